The summed E-state index contributed by atoms with van der Waals surface area (Å²) in [6, 6.07) is 14.1. The fourth-order valence-corrected chi connectivity index (χ4v) is 3.54. The predicted molar refractivity (Wildman–Crippen MR) is 115 cm³/mol. The maximum atomic E-state index is 12.1. The molecule has 140 valence electrons. The van der Waals surface area contributed by atoms with E-state index < -0.39 is 0 Å². The molecule has 0 atom stereocenters. The molecule has 0 radical (unpaired) electrons. The molecule has 0 saturated heterocycles. The average Bonchev–Trinajstić information content (AvgIpc) is 3.10. The Balaban J connectivity index is 1.46. The minimum absolute atomic E-state index is 0.0451. The van der Waals surface area contributed by atoms with Crippen LogP contribution in [0.25, 0.3) is 11.3 Å². The van der Waals surface area contributed by atoms with Crippen LogP contribution < -0.4 is 10.1 Å². The summed E-state index contributed by atoms with van der Waals surface area (Å²) in [4.78, 5) is 16.6. The second-order valence-electron chi connectivity index (χ2n) is 6.31. The number of anilines is 1. The third kappa shape index (κ3) is 5.65. The van der Waals surface area contributed by atoms with Gasteiger partial charge in [-0.15, -0.1) is 11.3 Å². The first kappa shape index (κ1) is 19.6. The van der Waals surface area contributed by atoms with E-state index in [9.17, 15) is 4.79 Å². The monoisotopic (exact) mass is 444 g/mol. The highest BCUT2D eigenvalue weighted by Crippen LogP contribution is 2.26. The van der Waals surface area contributed by atoms with E-state index in [1.807, 2.05) is 55.6 Å². The Morgan fingerprint density at radius 1 is 1.19 bits per heavy atom. The number of carbonyl (C=O) groups is 1. The van der Waals surface area contributed by atoms with Crippen LogP contribution in [0.15, 0.2) is 52.3 Å². The molecule has 1 heterocycles. The van der Waals surface area contributed by atoms with Crippen molar-refractivity contribution in [2.45, 2.75) is 26.7 Å². The molecule has 3 rings (SSSR count). The maximum absolute atomic E-state index is 12.1. The molecule has 0 aliphatic carbocycles. The molecule has 0 bridgehead atoms. The molecule has 6 heteroatoms. The summed E-state index contributed by atoms with van der Waals surface area (Å²) in [6.45, 7) is 4.57. The van der Waals surface area contributed by atoms with Gasteiger partial charge in [0.1, 0.15) is 5.75 Å². The summed E-state index contributed by atoms with van der Waals surface area (Å²) in [7, 11) is 0. The SMILES string of the molecule is Cc1ccc(C)c(OCCCC(=O)Nc2nc(-c3ccc(Br)cc3)cs2)c1. The van der Waals surface area contributed by atoms with Crippen LogP contribution in [0.4, 0.5) is 5.13 Å². The van der Waals surface area contributed by atoms with Gasteiger partial charge in [0.2, 0.25) is 5.91 Å². The van der Waals surface area contributed by atoms with E-state index in [2.05, 4.69) is 32.3 Å². The van der Waals surface area contributed by atoms with Gasteiger partial charge in [-0.1, -0.05) is 40.2 Å². The number of benzene rings is 2. The van der Waals surface area contributed by atoms with E-state index in [0.717, 1.165) is 27.0 Å². The molecule has 1 N–H and O–H groups in total. The number of nitrogens with zero attached hydrogens (tertiary/aromatic N) is 1. The molecule has 0 aliphatic heterocycles. The molecule has 0 spiro atoms. The van der Waals surface area contributed by atoms with E-state index in [1.165, 1.54) is 16.9 Å². The van der Waals surface area contributed by atoms with Crippen molar-refractivity contribution in [2.75, 3.05) is 11.9 Å². The lowest BCUT2D eigenvalue weighted by atomic mass is 10.1. The van der Waals surface area contributed by atoms with Gasteiger partial charge in [0.05, 0.1) is 12.3 Å². The lowest BCUT2D eigenvalue weighted by Crippen LogP contribution is -2.12. The number of nitrogens with one attached hydrogen (secondary N) is 1. The first-order valence-electron chi connectivity index (χ1n) is 8.72. The number of aromatic nitrogens is 1. The van der Waals surface area contributed by atoms with Crippen LogP contribution in [0.5, 0.6) is 5.75 Å². The van der Waals surface area contributed by atoms with Crippen molar-refractivity contribution < 1.29 is 9.53 Å². The van der Waals surface area contributed by atoms with Gasteiger partial charge in [0.15, 0.2) is 5.13 Å². The van der Waals surface area contributed by atoms with Crippen molar-refractivity contribution >= 4 is 38.3 Å². The van der Waals surface area contributed by atoms with Crippen LogP contribution in [0.2, 0.25) is 0 Å². The molecule has 1 aromatic heterocycles. The van der Waals surface area contributed by atoms with Crippen molar-refractivity contribution in [2.24, 2.45) is 0 Å². The maximum Gasteiger partial charge on any atom is 0.226 e. The average molecular weight is 445 g/mol. The zero-order valence-corrected chi connectivity index (χ0v) is 17.7. The summed E-state index contributed by atoms with van der Waals surface area (Å²) in [5.74, 6) is 0.839. The minimum atomic E-state index is -0.0451. The van der Waals surface area contributed by atoms with Crippen LogP contribution in [0.3, 0.4) is 0 Å². The largest absolute Gasteiger partial charge is 0.493 e. The lowest BCUT2D eigenvalue weighted by molar-refractivity contribution is -0.116. The molecule has 27 heavy (non-hydrogen) atoms. The van der Waals surface area contributed by atoms with Crippen molar-refractivity contribution in [3.8, 4) is 17.0 Å². The van der Waals surface area contributed by atoms with Crippen LogP contribution in [-0.2, 0) is 4.79 Å². The summed E-state index contributed by atoms with van der Waals surface area (Å²) in [6.07, 6.45) is 1.06. The van der Waals surface area contributed by atoms with Crippen LogP contribution in [0, 0.1) is 13.8 Å². The van der Waals surface area contributed by atoms with E-state index in [-0.39, 0.29) is 5.91 Å². The number of thiazole rings is 1. The highest BCUT2D eigenvalue weighted by atomic mass is 79.9. The van der Waals surface area contributed by atoms with Crippen molar-refractivity contribution in [1.29, 1.82) is 0 Å². The Kier molecular flexibility index (Phi) is 6.63. The van der Waals surface area contributed by atoms with Gasteiger partial charge in [-0.2, -0.15) is 0 Å². The summed E-state index contributed by atoms with van der Waals surface area (Å²) < 4.78 is 6.82. The van der Waals surface area contributed by atoms with Gasteiger partial charge in [-0.3, -0.25) is 4.79 Å². The van der Waals surface area contributed by atoms with Gasteiger partial charge >= 0.3 is 0 Å². The van der Waals surface area contributed by atoms with Crippen molar-refractivity contribution in [3.05, 3.63) is 63.4 Å². The molecule has 0 fully saturated rings. The number of ether oxygens (including phenoxy) is 1. The normalized spacial score (nSPS) is 10.6. The quantitative estimate of drug-likeness (QED) is 0.455. The van der Waals surface area contributed by atoms with Crippen LogP contribution >= 0.6 is 27.3 Å². The Labute approximate surface area is 171 Å². The first-order chi connectivity index (χ1) is 13.0. The van der Waals surface area contributed by atoms with E-state index in [0.29, 0.717) is 24.6 Å². The molecule has 2 aromatic carbocycles. The third-order valence-corrected chi connectivity index (χ3v) is 5.33. The van der Waals surface area contributed by atoms with Gasteiger partial charge < -0.3 is 10.1 Å². The van der Waals surface area contributed by atoms with Gasteiger partial charge in [-0.05, 0) is 49.6 Å². The smallest absolute Gasteiger partial charge is 0.226 e. The molecular weight excluding hydrogens is 424 g/mol. The number of carbonyl (C=O) groups excluding carboxylic acids is 1. The topological polar surface area (TPSA) is 51.2 Å². The fraction of sp³-hybridized carbons (Fsp3) is 0.238. The third-order valence-electron chi connectivity index (χ3n) is 4.04. The van der Waals surface area contributed by atoms with Crippen LogP contribution in [-0.4, -0.2) is 17.5 Å². The van der Waals surface area contributed by atoms with Crippen molar-refractivity contribution in [3.63, 3.8) is 0 Å². The Bertz CT molecular complexity index is 922. The lowest BCUT2D eigenvalue weighted by Gasteiger charge is -2.09. The zero-order chi connectivity index (χ0) is 19.2. The Hall–Kier alpha value is -2.18. The molecule has 3 aromatic rings. The molecular formula is C21H21BrN2O2S. The minimum Gasteiger partial charge on any atom is -0.493 e. The number of aryl methyl sites for hydroxylation is 2. The van der Waals surface area contributed by atoms with E-state index in [4.69, 9.17) is 4.74 Å². The number of hydrogen-bond acceptors (Lipinski definition) is 4. The Morgan fingerprint density at radius 2 is 1.96 bits per heavy atom. The summed E-state index contributed by atoms with van der Waals surface area (Å²) >= 11 is 4.85. The highest BCUT2D eigenvalue weighted by molar-refractivity contribution is 9.10. The zero-order valence-electron chi connectivity index (χ0n) is 15.3. The van der Waals surface area contributed by atoms with E-state index >= 15 is 0 Å². The summed E-state index contributed by atoms with van der Waals surface area (Å²) in [5.41, 5.74) is 4.16. The van der Waals surface area contributed by atoms with Gasteiger partial charge in [-0.25, -0.2) is 4.98 Å². The second kappa shape index (κ2) is 9.15. The predicted octanol–water partition coefficient (Wildman–Crippen LogP) is 5.99. The van der Waals surface area contributed by atoms with Gasteiger partial charge in [0.25, 0.3) is 0 Å². The number of amides is 1. The Morgan fingerprint density at radius 3 is 2.74 bits per heavy atom. The highest BCUT2D eigenvalue weighted by Gasteiger charge is 2.08. The fourth-order valence-electron chi connectivity index (χ4n) is 2.54. The molecule has 0 saturated carbocycles. The standard InChI is InChI=1S/C21H21BrN2O2S/c1-14-5-6-15(2)19(12-14)26-11-3-4-20(25)24-21-23-18(13-27-21)16-7-9-17(22)10-8-16/h5-10,12-13H,3-4,11H2,1-2H3,(H,23,24,25). The molecule has 1 amide bonds. The molecule has 4 nitrogen and oxygen atoms in total. The van der Waals surface area contributed by atoms with Crippen molar-refractivity contribution in [1.82, 2.24) is 4.98 Å². The first-order valence-corrected chi connectivity index (χ1v) is 10.4. The summed E-state index contributed by atoms with van der Waals surface area (Å²) in [5, 5.41) is 5.43. The molecule has 0 unspecified atom stereocenters. The number of rotatable bonds is 7. The van der Waals surface area contributed by atoms with Gasteiger partial charge in [0, 0.05) is 21.8 Å². The van der Waals surface area contributed by atoms with E-state index in [1.54, 1.807) is 0 Å². The molecule has 0 aliphatic rings. The van der Waals surface area contributed by atoms with Crippen LogP contribution in [0.1, 0.15) is 24.0 Å². The number of hydrogen-bond donors (Lipinski definition) is 1. The second-order valence-corrected chi connectivity index (χ2v) is 8.09. The number of halogens is 1.